The van der Waals surface area contributed by atoms with Crippen LogP contribution in [0.1, 0.15) is 55.4 Å². The van der Waals surface area contributed by atoms with Gasteiger partial charge in [-0.05, 0) is 37.0 Å². The van der Waals surface area contributed by atoms with Crippen LogP contribution in [0.2, 0.25) is 0 Å². The molecule has 25 heavy (non-hydrogen) atoms. The Morgan fingerprint density at radius 3 is 2.40 bits per heavy atom. The van der Waals surface area contributed by atoms with Crippen molar-refractivity contribution in [3.63, 3.8) is 0 Å². The second kappa shape index (κ2) is 6.32. The minimum Gasteiger partial charge on any atom is -0.340 e. The second-order valence-corrected chi connectivity index (χ2v) is 7.18. The van der Waals surface area contributed by atoms with Crippen LogP contribution < -0.4 is 0 Å². The molecular formula is C22H25NO2. The van der Waals surface area contributed by atoms with Crippen LogP contribution in [0.4, 0.5) is 0 Å². The number of fused-ring (bicyclic) bond motifs is 1. The van der Waals surface area contributed by atoms with Crippen molar-refractivity contribution in [2.24, 2.45) is 0 Å². The summed E-state index contributed by atoms with van der Waals surface area (Å²) < 4.78 is 13.8. The van der Waals surface area contributed by atoms with Crippen molar-refractivity contribution in [1.82, 2.24) is 4.57 Å². The minimum atomic E-state index is -0.234. The molecule has 3 heteroatoms. The van der Waals surface area contributed by atoms with E-state index in [9.17, 15) is 0 Å². The molecule has 0 spiro atoms. The van der Waals surface area contributed by atoms with Crippen molar-refractivity contribution >= 4 is 10.9 Å². The summed E-state index contributed by atoms with van der Waals surface area (Å²) in [4.78, 5) is 0. The third kappa shape index (κ3) is 2.88. The molecule has 130 valence electrons. The van der Waals surface area contributed by atoms with Gasteiger partial charge in [0.05, 0.1) is 0 Å². The van der Waals surface area contributed by atoms with E-state index in [-0.39, 0.29) is 12.6 Å². The molecule has 1 aromatic heterocycles. The first-order valence-electron chi connectivity index (χ1n) is 9.02. The maximum absolute atomic E-state index is 5.69. The fourth-order valence-corrected chi connectivity index (χ4v) is 3.90. The summed E-state index contributed by atoms with van der Waals surface area (Å²) in [5, 5.41) is 1.32. The zero-order valence-electron chi connectivity index (χ0n) is 15.3. The highest BCUT2D eigenvalue weighted by Gasteiger charge is 2.29. The number of hydrogen-bond acceptors (Lipinski definition) is 2. The van der Waals surface area contributed by atoms with E-state index in [0.717, 1.165) is 12.1 Å². The van der Waals surface area contributed by atoms with Gasteiger partial charge in [-0.1, -0.05) is 56.3 Å². The molecule has 0 atom stereocenters. The predicted octanol–water partition coefficient (Wildman–Crippen LogP) is 5.51. The predicted molar refractivity (Wildman–Crippen MR) is 101 cm³/mol. The standard InChI is InChI=1S/C22H25NO2/c1-14(2)21-15(3)19-11-10-18(22-24-16(4)25-22)12-20(19)23(21)13-17-8-6-5-7-9-17/h5-12,14,16,22H,13H2,1-4H3. The van der Waals surface area contributed by atoms with Crippen LogP contribution in [-0.4, -0.2) is 10.9 Å². The molecule has 3 aromatic rings. The van der Waals surface area contributed by atoms with Gasteiger partial charge in [0.2, 0.25) is 0 Å². The Hall–Kier alpha value is -2.10. The molecule has 0 N–H and O–H groups in total. The van der Waals surface area contributed by atoms with E-state index in [2.05, 4.69) is 73.9 Å². The number of nitrogens with zero attached hydrogens (tertiary/aromatic N) is 1. The summed E-state index contributed by atoms with van der Waals surface area (Å²) in [5.74, 6) is 0.468. The van der Waals surface area contributed by atoms with Gasteiger partial charge < -0.3 is 14.0 Å². The van der Waals surface area contributed by atoms with Crippen molar-refractivity contribution < 1.29 is 9.47 Å². The smallest absolute Gasteiger partial charge is 0.189 e. The van der Waals surface area contributed by atoms with Gasteiger partial charge >= 0.3 is 0 Å². The number of aromatic nitrogens is 1. The summed E-state index contributed by atoms with van der Waals surface area (Å²) in [6, 6.07) is 17.2. The van der Waals surface area contributed by atoms with Crippen molar-refractivity contribution in [2.45, 2.75) is 52.7 Å². The molecule has 1 saturated heterocycles. The van der Waals surface area contributed by atoms with Gasteiger partial charge in [-0.25, -0.2) is 0 Å². The number of rotatable bonds is 4. The summed E-state index contributed by atoms with van der Waals surface area (Å²) in [6.07, 6.45) is -0.341. The fourth-order valence-electron chi connectivity index (χ4n) is 3.90. The van der Waals surface area contributed by atoms with Crippen LogP contribution in [0.3, 0.4) is 0 Å². The topological polar surface area (TPSA) is 23.4 Å². The monoisotopic (exact) mass is 335 g/mol. The molecule has 3 nitrogen and oxygen atoms in total. The van der Waals surface area contributed by atoms with Crippen LogP contribution in [0.5, 0.6) is 0 Å². The molecule has 0 unspecified atom stereocenters. The molecular weight excluding hydrogens is 310 g/mol. The lowest BCUT2D eigenvalue weighted by Gasteiger charge is -2.34. The highest BCUT2D eigenvalue weighted by atomic mass is 16.9. The molecule has 1 aliphatic rings. The normalized spacial score (nSPS) is 20.2. The van der Waals surface area contributed by atoms with Gasteiger partial charge in [0, 0.05) is 28.7 Å². The first-order valence-corrected chi connectivity index (χ1v) is 9.02. The van der Waals surface area contributed by atoms with Gasteiger partial charge in [-0.3, -0.25) is 0 Å². The van der Waals surface area contributed by atoms with Gasteiger partial charge in [-0.15, -0.1) is 0 Å². The fraction of sp³-hybridized carbons (Fsp3) is 0.364. The summed E-state index contributed by atoms with van der Waals surface area (Å²) in [6.45, 7) is 9.57. The highest BCUT2D eigenvalue weighted by Crippen LogP contribution is 2.36. The van der Waals surface area contributed by atoms with Gasteiger partial charge in [0.15, 0.2) is 12.6 Å². The van der Waals surface area contributed by atoms with Crippen LogP contribution in [-0.2, 0) is 16.0 Å². The Bertz CT molecular complexity index is 889. The SMILES string of the molecule is Cc1c(C(C)C)n(Cc2ccccc2)c2cc(C3OC(C)O3)ccc12. The van der Waals surface area contributed by atoms with Crippen LogP contribution in [0, 0.1) is 6.92 Å². The Morgan fingerprint density at radius 2 is 1.76 bits per heavy atom. The lowest BCUT2D eigenvalue weighted by Crippen LogP contribution is -2.31. The van der Waals surface area contributed by atoms with Crippen molar-refractivity contribution in [3.05, 3.63) is 70.9 Å². The number of benzene rings is 2. The number of ether oxygens (including phenoxy) is 2. The van der Waals surface area contributed by atoms with Crippen molar-refractivity contribution in [3.8, 4) is 0 Å². The third-order valence-electron chi connectivity index (χ3n) is 5.02. The molecule has 0 bridgehead atoms. The van der Waals surface area contributed by atoms with Crippen LogP contribution in [0.25, 0.3) is 10.9 Å². The Labute approximate surface area is 149 Å². The molecule has 0 aliphatic carbocycles. The Kier molecular flexibility index (Phi) is 4.14. The van der Waals surface area contributed by atoms with E-state index in [0.29, 0.717) is 5.92 Å². The molecule has 2 heterocycles. The average molecular weight is 335 g/mol. The van der Waals surface area contributed by atoms with E-state index in [4.69, 9.17) is 9.47 Å². The maximum Gasteiger partial charge on any atom is 0.189 e. The van der Waals surface area contributed by atoms with Crippen molar-refractivity contribution in [1.29, 1.82) is 0 Å². The molecule has 0 amide bonds. The molecule has 0 radical (unpaired) electrons. The van der Waals surface area contributed by atoms with E-state index < -0.39 is 0 Å². The summed E-state index contributed by atoms with van der Waals surface area (Å²) in [5.41, 5.74) is 6.44. The summed E-state index contributed by atoms with van der Waals surface area (Å²) >= 11 is 0. The molecule has 2 aromatic carbocycles. The number of hydrogen-bond donors (Lipinski definition) is 0. The summed E-state index contributed by atoms with van der Waals surface area (Å²) in [7, 11) is 0. The Balaban J connectivity index is 1.84. The van der Waals surface area contributed by atoms with Gasteiger partial charge in [0.25, 0.3) is 0 Å². The average Bonchev–Trinajstić information content (AvgIpc) is 2.85. The quantitative estimate of drug-likeness (QED) is 0.627. The lowest BCUT2D eigenvalue weighted by molar-refractivity contribution is -0.382. The van der Waals surface area contributed by atoms with E-state index in [1.807, 2.05) is 6.92 Å². The van der Waals surface area contributed by atoms with Gasteiger partial charge in [-0.2, -0.15) is 0 Å². The molecule has 1 aliphatic heterocycles. The third-order valence-corrected chi connectivity index (χ3v) is 5.02. The first-order chi connectivity index (χ1) is 12.0. The highest BCUT2D eigenvalue weighted by molar-refractivity contribution is 5.86. The maximum atomic E-state index is 5.69. The lowest BCUT2D eigenvalue weighted by atomic mass is 10.0. The van der Waals surface area contributed by atoms with Crippen molar-refractivity contribution in [2.75, 3.05) is 0 Å². The Morgan fingerprint density at radius 1 is 1.04 bits per heavy atom. The number of aryl methyl sites for hydroxylation is 1. The first kappa shape index (κ1) is 16.4. The largest absolute Gasteiger partial charge is 0.340 e. The molecule has 1 fully saturated rings. The van der Waals surface area contributed by atoms with Gasteiger partial charge in [0.1, 0.15) is 0 Å². The van der Waals surface area contributed by atoms with E-state index in [1.165, 1.54) is 27.7 Å². The van der Waals surface area contributed by atoms with Crippen LogP contribution in [0.15, 0.2) is 48.5 Å². The molecule has 4 rings (SSSR count). The van der Waals surface area contributed by atoms with E-state index >= 15 is 0 Å². The zero-order chi connectivity index (χ0) is 17.6. The minimum absolute atomic E-state index is 0.107. The zero-order valence-corrected chi connectivity index (χ0v) is 15.3. The van der Waals surface area contributed by atoms with E-state index in [1.54, 1.807) is 0 Å². The second-order valence-electron chi connectivity index (χ2n) is 7.18. The van der Waals surface area contributed by atoms with Crippen LogP contribution >= 0.6 is 0 Å². The molecule has 0 saturated carbocycles.